The second-order valence-electron chi connectivity index (χ2n) is 3.23. The van der Waals surface area contributed by atoms with Crippen LogP contribution in [-0.4, -0.2) is 34.5 Å². The van der Waals surface area contributed by atoms with Crippen LogP contribution in [0.25, 0.3) is 0 Å². The molecule has 1 rings (SSSR count). The van der Waals surface area contributed by atoms with Gasteiger partial charge in [0.05, 0.1) is 0 Å². The van der Waals surface area contributed by atoms with E-state index >= 15 is 0 Å². The van der Waals surface area contributed by atoms with Gasteiger partial charge in [0, 0.05) is 7.05 Å². The lowest BCUT2D eigenvalue weighted by molar-refractivity contribution is -0.139. The Morgan fingerprint density at radius 1 is 1.43 bits per heavy atom. The van der Waals surface area contributed by atoms with Crippen molar-refractivity contribution in [3.63, 3.8) is 0 Å². The Bertz CT molecular complexity index is 305. The van der Waals surface area contributed by atoms with E-state index in [0.717, 1.165) is 4.90 Å². The smallest absolute Gasteiger partial charge is 0.276 e. The molecule has 1 unspecified atom stereocenters. The lowest BCUT2D eigenvalue weighted by Gasteiger charge is -2.33. The van der Waals surface area contributed by atoms with Gasteiger partial charge in [-0.25, -0.2) is 4.79 Å². The van der Waals surface area contributed by atoms with Crippen LogP contribution in [-0.2, 0) is 9.59 Å². The van der Waals surface area contributed by atoms with Crippen molar-refractivity contribution in [1.82, 2.24) is 10.2 Å². The van der Waals surface area contributed by atoms with Crippen LogP contribution in [0.1, 0.15) is 19.8 Å². The van der Waals surface area contributed by atoms with Gasteiger partial charge in [-0.05, 0) is 6.42 Å². The van der Waals surface area contributed by atoms with Crippen LogP contribution in [0, 0.1) is 0 Å². The Kier molecular flexibility index (Phi) is 2.84. The van der Waals surface area contributed by atoms with Gasteiger partial charge in [-0.1, -0.05) is 13.3 Å². The molecule has 1 aliphatic heterocycles. The van der Waals surface area contributed by atoms with Crippen molar-refractivity contribution >= 4 is 30.5 Å². The molecule has 1 atom stereocenters. The highest BCUT2D eigenvalue weighted by Crippen LogP contribution is 2.26. The minimum absolute atomic E-state index is 0.318. The molecule has 0 radical (unpaired) electrons. The van der Waals surface area contributed by atoms with E-state index in [1.165, 1.54) is 7.05 Å². The Labute approximate surface area is 87.2 Å². The second kappa shape index (κ2) is 3.61. The number of hydrogen-bond acceptors (Lipinski definition) is 4. The molecular weight excluding hydrogens is 204 g/mol. The third-order valence-corrected chi connectivity index (χ3v) is 2.79. The van der Waals surface area contributed by atoms with Crippen LogP contribution in [0.5, 0.6) is 0 Å². The predicted molar refractivity (Wildman–Crippen MR) is 52.9 cm³/mol. The maximum atomic E-state index is 11.6. The third kappa shape index (κ3) is 1.50. The fraction of sp³-hybridized carbons (Fsp3) is 0.625. The van der Waals surface area contributed by atoms with Gasteiger partial charge < -0.3 is 0 Å². The minimum atomic E-state index is -1.39. The molecule has 6 heteroatoms. The summed E-state index contributed by atoms with van der Waals surface area (Å²) in [6, 6.07) is -0.694. The third-order valence-electron chi connectivity index (χ3n) is 2.17. The highest BCUT2D eigenvalue weighted by molar-refractivity contribution is 7.83. The van der Waals surface area contributed by atoms with Crippen molar-refractivity contribution in [3.05, 3.63) is 0 Å². The van der Waals surface area contributed by atoms with Crippen LogP contribution in [0.3, 0.4) is 0 Å². The molecule has 0 spiro atoms. The number of carbonyl (C=O) groups is 3. The van der Waals surface area contributed by atoms with Crippen molar-refractivity contribution in [2.45, 2.75) is 24.5 Å². The number of amides is 4. The molecule has 0 aliphatic carbocycles. The number of carbonyl (C=O) groups excluding carboxylic acids is 3. The maximum absolute atomic E-state index is 11.6. The predicted octanol–water partition coefficient (Wildman–Crippen LogP) is 0.163. The first kappa shape index (κ1) is 11.0. The zero-order chi connectivity index (χ0) is 10.9. The molecule has 4 amide bonds. The Balaban J connectivity index is 3.00. The van der Waals surface area contributed by atoms with E-state index in [9.17, 15) is 14.4 Å². The van der Waals surface area contributed by atoms with E-state index in [-0.39, 0.29) is 0 Å². The van der Waals surface area contributed by atoms with Gasteiger partial charge in [-0.3, -0.25) is 19.8 Å². The van der Waals surface area contributed by atoms with Crippen molar-refractivity contribution in [1.29, 1.82) is 0 Å². The lowest BCUT2D eigenvalue weighted by Crippen LogP contribution is -2.64. The first-order valence-electron chi connectivity index (χ1n) is 4.29. The molecule has 1 fully saturated rings. The van der Waals surface area contributed by atoms with E-state index in [4.69, 9.17) is 0 Å². The summed E-state index contributed by atoms with van der Waals surface area (Å²) in [6.07, 6.45) is 0.961. The largest absolute Gasteiger partial charge is 0.330 e. The van der Waals surface area contributed by atoms with Crippen molar-refractivity contribution in [2.75, 3.05) is 7.05 Å². The number of barbiturate groups is 1. The second-order valence-corrected chi connectivity index (χ2v) is 4.00. The van der Waals surface area contributed by atoms with Gasteiger partial charge in [0.25, 0.3) is 11.8 Å². The molecule has 0 bridgehead atoms. The summed E-state index contributed by atoms with van der Waals surface area (Å²) in [4.78, 5) is 35.0. The fourth-order valence-corrected chi connectivity index (χ4v) is 1.76. The van der Waals surface area contributed by atoms with Crippen LogP contribution in [0.15, 0.2) is 0 Å². The standard InChI is InChI=1S/C8H12N2O3S/c1-3-4-8(14)5(11)9-7(13)10(2)6(8)12/h14H,3-4H2,1-2H3,(H,9,11,13). The lowest BCUT2D eigenvalue weighted by atomic mass is 9.98. The van der Waals surface area contributed by atoms with Crippen molar-refractivity contribution < 1.29 is 14.4 Å². The molecular formula is C8H12N2O3S. The summed E-state index contributed by atoms with van der Waals surface area (Å²) in [5, 5.41) is 2.09. The number of urea groups is 1. The molecule has 5 nitrogen and oxygen atoms in total. The number of nitrogens with one attached hydrogen (secondary N) is 1. The first-order chi connectivity index (χ1) is 6.43. The summed E-state index contributed by atoms with van der Waals surface area (Å²) in [7, 11) is 1.32. The summed E-state index contributed by atoms with van der Waals surface area (Å²) in [6.45, 7) is 1.84. The molecule has 1 heterocycles. The number of thiol groups is 1. The zero-order valence-electron chi connectivity index (χ0n) is 8.03. The Morgan fingerprint density at radius 3 is 2.50 bits per heavy atom. The Hall–Kier alpha value is -1.04. The monoisotopic (exact) mass is 216 g/mol. The topological polar surface area (TPSA) is 66.5 Å². The van der Waals surface area contributed by atoms with Crippen LogP contribution >= 0.6 is 12.6 Å². The summed E-state index contributed by atoms with van der Waals surface area (Å²) in [5.41, 5.74) is 0. The van der Waals surface area contributed by atoms with Crippen LogP contribution < -0.4 is 5.32 Å². The SMILES string of the molecule is CCCC1(S)C(=O)NC(=O)N(C)C1=O. The van der Waals surface area contributed by atoms with Gasteiger partial charge in [0.15, 0.2) is 4.75 Å². The average molecular weight is 216 g/mol. The van der Waals surface area contributed by atoms with Crippen molar-refractivity contribution in [3.8, 4) is 0 Å². The van der Waals surface area contributed by atoms with E-state index < -0.39 is 22.6 Å². The minimum Gasteiger partial charge on any atom is -0.276 e. The maximum Gasteiger partial charge on any atom is 0.330 e. The molecule has 0 saturated carbocycles. The highest BCUT2D eigenvalue weighted by Gasteiger charge is 2.49. The average Bonchev–Trinajstić information content (AvgIpc) is 2.13. The molecule has 14 heavy (non-hydrogen) atoms. The zero-order valence-corrected chi connectivity index (χ0v) is 8.93. The van der Waals surface area contributed by atoms with Crippen molar-refractivity contribution in [2.24, 2.45) is 0 Å². The van der Waals surface area contributed by atoms with Gasteiger partial charge in [-0.2, -0.15) is 12.6 Å². The molecule has 78 valence electrons. The number of rotatable bonds is 2. The number of nitrogens with zero attached hydrogens (tertiary/aromatic N) is 1. The normalized spacial score (nSPS) is 27.9. The van der Waals surface area contributed by atoms with Gasteiger partial charge >= 0.3 is 6.03 Å². The van der Waals surface area contributed by atoms with Crippen LogP contribution in [0.4, 0.5) is 4.79 Å². The van der Waals surface area contributed by atoms with Gasteiger partial charge in [0.2, 0.25) is 0 Å². The fourth-order valence-electron chi connectivity index (χ4n) is 1.33. The van der Waals surface area contributed by atoms with E-state index in [1.807, 2.05) is 6.92 Å². The number of hydrogen-bond donors (Lipinski definition) is 2. The molecule has 1 saturated heterocycles. The molecule has 0 aromatic rings. The van der Waals surface area contributed by atoms with Crippen LogP contribution in [0.2, 0.25) is 0 Å². The van der Waals surface area contributed by atoms with E-state index in [0.29, 0.717) is 12.8 Å². The molecule has 0 aromatic heterocycles. The Morgan fingerprint density at radius 2 is 2.00 bits per heavy atom. The highest BCUT2D eigenvalue weighted by atomic mass is 32.1. The number of imide groups is 2. The van der Waals surface area contributed by atoms with E-state index in [2.05, 4.69) is 17.9 Å². The molecule has 1 aliphatic rings. The van der Waals surface area contributed by atoms with Gasteiger partial charge in [-0.15, -0.1) is 0 Å². The van der Waals surface area contributed by atoms with Gasteiger partial charge in [0.1, 0.15) is 0 Å². The molecule has 1 N–H and O–H groups in total. The summed E-state index contributed by atoms with van der Waals surface area (Å²) in [5.74, 6) is -1.19. The molecule has 0 aromatic carbocycles. The summed E-state index contributed by atoms with van der Waals surface area (Å²) < 4.78 is -1.39. The first-order valence-corrected chi connectivity index (χ1v) is 4.74. The quantitative estimate of drug-likeness (QED) is 0.510. The summed E-state index contributed by atoms with van der Waals surface area (Å²) >= 11 is 4.06. The van der Waals surface area contributed by atoms with E-state index in [1.54, 1.807) is 0 Å².